The van der Waals surface area contributed by atoms with Gasteiger partial charge in [0.25, 0.3) is 5.56 Å². The second-order valence-corrected chi connectivity index (χ2v) is 10.1. The van der Waals surface area contributed by atoms with Gasteiger partial charge in [-0.15, -0.1) is 0 Å². The molecule has 3 aromatic rings. The Morgan fingerprint density at radius 2 is 1.82 bits per heavy atom. The number of hydrogen-bond donors (Lipinski definition) is 2. The van der Waals surface area contributed by atoms with E-state index in [9.17, 15) is 9.59 Å². The lowest BCUT2D eigenvalue weighted by molar-refractivity contribution is 0.176. The molecule has 1 saturated heterocycles. The van der Waals surface area contributed by atoms with Crippen LogP contribution in [0, 0.1) is 11.8 Å². The van der Waals surface area contributed by atoms with E-state index in [1.54, 1.807) is 10.8 Å². The minimum atomic E-state index is -0.235. The van der Waals surface area contributed by atoms with E-state index >= 15 is 0 Å². The van der Waals surface area contributed by atoms with Gasteiger partial charge in [0.05, 0.1) is 5.69 Å². The summed E-state index contributed by atoms with van der Waals surface area (Å²) in [6.07, 6.45) is 3.85. The van der Waals surface area contributed by atoms with Crippen LogP contribution in [0.15, 0.2) is 59.5 Å². The van der Waals surface area contributed by atoms with E-state index in [0.717, 1.165) is 42.9 Å². The number of piperidine rings is 1. The summed E-state index contributed by atoms with van der Waals surface area (Å²) in [5, 5.41) is 8.17. The standard InChI is InChI=1S/C27H33ClN4O2/c1-19(2)16-32-18-25(23-8-3-4-9-24(23)26(32)33)30-27(34)29-15-20-10-12-31(13-11-20)17-21-6-5-7-22(28)14-21/h3-9,14,18-20H,10-13,15-17H2,1-2H3,(H2,29,30,34). The first-order chi connectivity index (χ1) is 16.4. The highest BCUT2D eigenvalue weighted by Gasteiger charge is 2.20. The fraction of sp³-hybridized carbons (Fsp3) is 0.407. The van der Waals surface area contributed by atoms with E-state index < -0.39 is 0 Å². The van der Waals surface area contributed by atoms with Gasteiger partial charge in [-0.3, -0.25) is 9.69 Å². The summed E-state index contributed by atoms with van der Waals surface area (Å²) in [5.41, 5.74) is 1.86. The fourth-order valence-corrected chi connectivity index (χ4v) is 4.83. The van der Waals surface area contributed by atoms with Crippen LogP contribution in [0.5, 0.6) is 0 Å². The average Bonchev–Trinajstić information content (AvgIpc) is 2.81. The zero-order valence-electron chi connectivity index (χ0n) is 19.9. The summed E-state index contributed by atoms with van der Waals surface area (Å²) in [6.45, 7) is 8.30. The summed E-state index contributed by atoms with van der Waals surface area (Å²) < 4.78 is 1.69. The van der Waals surface area contributed by atoms with E-state index in [2.05, 4.69) is 35.4 Å². The number of urea groups is 1. The van der Waals surface area contributed by atoms with Crippen molar-refractivity contribution in [3.05, 3.63) is 75.7 Å². The molecule has 0 spiro atoms. The molecule has 0 unspecified atom stereocenters. The van der Waals surface area contributed by atoms with Crippen LogP contribution in [0.2, 0.25) is 5.02 Å². The number of nitrogens with one attached hydrogen (secondary N) is 2. The molecule has 7 heteroatoms. The molecule has 1 aliphatic rings. The molecule has 2 heterocycles. The molecule has 2 amide bonds. The van der Waals surface area contributed by atoms with Gasteiger partial charge in [0.1, 0.15) is 0 Å². The van der Waals surface area contributed by atoms with E-state index in [4.69, 9.17) is 11.6 Å². The van der Waals surface area contributed by atoms with Crippen LogP contribution < -0.4 is 16.2 Å². The smallest absolute Gasteiger partial charge is 0.319 e. The number of nitrogens with zero attached hydrogens (tertiary/aromatic N) is 2. The van der Waals surface area contributed by atoms with Gasteiger partial charge in [-0.25, -0.2) is 4.79 Å². The zero-order chi connectivity index (χ0) is 24.1. The number of amides is 2. The summed E-state index contributed by atoms with van der Waals surface area (Å²) in [4.78, 5) is 28.0. The lowest BCUT2D eigenvalue weighted by Gasteiger charge is -2.32. The SMILES string of the molecule is CC(C)Cn1cc(NC(=O)NCC2CCN(Cc3cccc(Cl)c3)CC2)c2ccccc2c1=O. The van der Waals surface area contributed by atoms with Gasteiger partial charge in [-0.05, 0) is 61.5 Å². The molecule has 0 atom stereocenters. The molecule has 0 aliphatic carbocycles. The molecule has 1 fully saturated rings. The number of pyridine rings is 1. The Balaban J connectivity index is 1.32. The van der Waals surface area contributed by atoms with Crippen LogP contribution in [0.1, 0.15) is 32.3 Å². The molecular formula is C27H33ClN4O2. The first-order valence-electron chi connectivity index (χ1n) is 12.0. The van der Waals surface area contributed by atoms with Gasteiger partial charge in [-0.1, -0.05) is 55.8 Å². The van der Waals surface area contributed by atoms with E-state index in [1.807, 2.05) is 42.5 Å². The van der Waals surface area contributed by atoms with E-state index in [-0.39, 0.29) is 11.6 Å². The quantitative estimate of drug-likeness (QED) is 0.479. The number of anilines is 1. The second kappa shape index (κ2) is 11.1. The third-order valence-corrected chi connectivity index (χ3v) is 6.59. The van der Waals surface area contributed by atoms with Crippen molar-refractivity contribution in [3.63, 3.8) is 0 Å². The number of rotatable bonds is 7. The molecule has 4 rings (SSSR count). The molecule has 34 heavy (non-hydrogen) atoms. The maximum atomic E-state index is 12.8. The monoisotopic (exact) mass is 480 g/mol. The minimum Gasteiger partial charge on any atom is -0.338 e. The van der Waals surface area contributed by atoms with Gasteiger partial charge < -0.3 is 15.2 Å². The number of benzene rings is 2. The molecule has 0 bridgehead atoms. The van der Waals surface area contributed by atoms with Crippen molar-refractivity contribution in [2.75, 3.05) is 25.0 Å². The third kappa shape index (κ3) is 6.19. The van der Waals surface area contributed by atoms with Gasteiger partial charge in [-0.2, -0.15) is 0 Å². The molecule has 180 valence electrons. The maximum Gasteiger partial charge on any atom is 0.319 e. The Bertz CT molecular complexity index is 1200. The van der Waals surface area contributed by atoms with Gasteiger partial charge >= 0.3 is 6.03 Å². The topological polar surface area (TPSA) is 66.4 Å². The Labute approximate surface area is 205 Å². The summed E-state index contributed by atoms with van der Waals surface area (Å²) >= 11 is 6.10. The van der Waals surface area contributed by atoms with E-state index in [0.29, 0.717) is 36.0 Å². The molecule has 2 N–H and O–H groups in total. The van der Waals surface area contributed by atoms with Crippen LogP contribution in [0.25, 0.3) is 10.8 Å². The largest absolute Gasteiger partial charge is 0.338 e. The first-order valence-corrected chi connectivity index (χ1v) is 12.4. The number of hydrogen-bond acceptors (Lipinski definition) is 3. The normalized spacial score (nSPS) is 15.1. The Hall–Kier alpha value is -2.83. The van der Waals surface area contributed by atoms with E-state index in [1.165, 1.54) is 5.56 Å². The lowest BCUT2D eigenvalue weighted by Crippen LogP contribution is -2.39. The van der Waals surface area contributed by atoms with Gasteiger partial charge in [0.15, 0.2) is 0 Å². The van der Waals surface area contributed by atoms with Crippen molar-refractivity contribution in [1.29, 1.82) is 0 Å². The summed E-state index contributed by atoms with van der Waals surface area (Å²) in [5.74, 6) is 0.776. The lowest BCUT2D eigenvalue weighted by atomic mass is 9.96. The number of halogens is 1. The number of carbonyl (C=O) groups excluding carboxylic acids is 1. The highest BCUT2D eigenvalue weighted by molar-refractivity contribution is 6.30. The average molecular weight is 481 g/mol. The zero-order valence-corrected chi connectivity index (χ0v) is 20.6. The molecular weight excluding hydrogens is 448 g/mol. The Kier molecular flexibility index (Phi) is 7.91. The predicted molar refractivity (Wildman–Crippen MR) is 140 cm³/mol. The molecule has 2 aromatic carbocycles. The minimum absolute atomic E-state index is 0.0280. The Morgan fingerprint density at radius 1 is 1.09 bits per heavy atom. The second-order valence-electron chi connectivity index (χ2n) is 9.62. The summed E-state index contributed by atoms with van der Waals surface area (Å²) in [7, 11) is 0. The molecule has 1 aromatic heterocycles. The van der Waals surface area contributed by atoms with Crippen molar-refractivity contribution in [1.82, 2.24) is 14.8 Å². The molecule has 1 aliphatic heterocycles. The van der Waals surface area contributed by atoms with Gasteiger partial charge in [0.2, 0.25) is 0 Å². The van der Waals surface area contributed by atoms with Gasteiger partial charge in [0, 0.05) is 41.6 Å². The number of fused-ring (bicyclic) bond motifs is 1. The molecule has 0 radical (unpaired) electrons. The van der Waals surface area contributed by atoms with Crippen LogP contribution in [-0.4, -0.2) is 35.1 Å². The van der Waals surface area contributed by atoms with Crippen LogP contribution >= 0.6 is 11.6 Å². The summed E-state index contributed by atoms with van der Waals surface area (Å²) in [6, 6.07) is 15.2. The van der Waals surface area contributed by atoms with Crippen molar-refractivity contribution >= 4 is 34.1 Å². The number of aromatic nitrogens is 1. The van der Waals surface area contributed by atoms with Crippen LogP contribution in [0.3, 0.4) is 0 Å². The Morgan fingerprint density at radius 3 is 2.53 bits per heavy atom. The van der Waals surface area contributed by atoms with Crippen molar-refractivity contribution in [2.24, 2.45) is 11.8 Å². The van der Waals surface area contributed by atoms with Crippen LogP contribution in [0.4, 0.5) is 10.5 Å². The first kappa shape index (κ1) is 24.3. The molecule has 6 nitrogen and oxygen atoms in total. The van der Waals surface area contributed by atoms with Crippen molar-refractivity contribution in [3.8, 4) is 0 Å². The highest BCUT2D eigenvalue weighted by Crippen LogP contribution is 2.22. The number of likely N-dealkylation sites (tertiary alicyclic amines) is 1. The fourth-order valence-electron chi connectivity index (χ4n) is 4.62. The molecule has 0 saturated carbocycles. The van der Waals surface area contributed by atoms with Crippen LogP contribution in [-0.2, 0) is 13.1 Å². The third-order valence-electron chi connectivity index (χ3n) is 6.36. The predicted octanol–water partition coefficient (Wildman–Crippen LogP) is 5.34. The highest BCUT2D eigenvalue weighted by atomic mass is 35.5. The van der Waals surface area contributed by atoms with Crippen molar-refractivity contribution < 1.29 is 4.79 Å². The van der Waals surface area contributed by atoms with Crippen molar-refractivity contribution in [2.45, 2.75) is 39.8 Å². The maximum absolute atomic E-state index is 12.8. The number of carbonyl (C=O) groups is 1.